The number of benzene rings is 1. The molecule has 1 amide bonds. The van der Waals surface area contributed by atoms with Gasteiger partial charge in [-0.2, -0.15) is 13.2 Å². The Labute approximate surface area is 184 Å². The molecule has 1 saturated heterocycles. The molecule has 0 bridgehead atoms. The Hall–Kier alpha value is -3.28. The summed E-state index contributed by atoms with van der Waals surface area (Å²) in [7, 11) is 0. The molecular weight excluding hydrogens is 458 g/mol. The van der Waals surface area contributed by atoms with Crippen LogP contribution < -0.4 is 9.47 Å². The highest BCUT2D eigenvalue weighted by molar-refractivity contribution is 5.91. The molecule has 33 heavy (non-hydrogen) atoms. The second-order valence-corrected chi connectivity index (χ2v) is 6.92. The zero-order chi connectivity index (χ0) is 24.1. The Morgan fingerprint density at radius 3 is 2.64 bits per heavy atom. The number of carbonyl (C=O) groups excluding carboxylic acids is 1. The van der Waals surface area contributed by atoms with Crippen molar-refractivity contribution >= 4 is 12.0 Å². The van der Waals surface area contributed by atoms with Gasteiger partial charge in [0, 0.05) is 24.9 Å². The molecule has 178 valence electrons. The lowest BCUT2D eigenvalue weighted by Crippen LogP contribution is -2.47. The van der Waals surface area contributed by atoms with Crippen molar-refractivity contribution in [2.75, 3.05) is 26.3 Å². The number of rotatable bonds is 6. The molecule has 2 aromatic rings. The number of nitrogens with zero attached hydrogens (tertiary/aromatic N) is 2. The van der Waals surface area contributed by atoms with Crippen molar-refractivity contribution in [3.63, 3.8) is 0 Å². The molecule has 2 heterocycles. The second kappa shape index (κ2) is 10.1. The molecule has 6 nitrogen and oxygen atoms in total. The van der Waals surface area contributed by atoms with Gasteiger partial charge in [-0.25, -0.2) is 4.98 Å². The third-order valence-electron chi connectivity index (χ3n) is 4.44. The number of morpholine rings is 1. The fourth-order valence-electron chi connectivity index (χ4n) is 2.92. The number of ether oxygens (including phenoxy) is 3. The summed E-state index contributed by atoms with van der Waals surface area (Å²) >= 11 is 0. The fourth-order valence-corrected chi connectivity index (χ4v) is 2.92. The van der Waals surface area contributed by atoms with Crippen molar-refractivity contribution in [3.05, 3.63) is 59.8 Å². The highest BCUT2D eigenvalue weighted by Crippen LogP contribution is 2.29. The third-order valence-corrected chi connectivity index (χ3v) is 4.44. The minimum Gasteiger partial charge on any atom is -0.475 e. The molecule has 0 radical (unpaired) electrons. The van der Waals surface area contributed by atoms with Crippen LogP contribution in [0.3, 0.4) is 0 Å². The molecule has 1 atom stereocenters. The predicted octanol–water partition coefficient (Wildman–Crippen LogP) is 4.32. The van der Waals surface area contributed by atoms with Crippen molar-refractivity contribution < 1.29 is 45.3 Å². The second-order valence-electron chi connectivity index (χ2n) is 6.92. The molecule has 12 heteroatoms. The first kappa shape index (κ1) is 24.4. The SMILES string of the molecule is O=C(C=Cc1cccc(OC(F)(F)F)c1)N1CCOC(COc2ccc(C(F)(F)F)cn2)C1. The van der Waals surface area contributed by atoms with E-state index in [9.17, 15) is 31.1 Å². The molecule has 0 N–H and O–H groups in total. The lowest BCUT2D eigenvalue weighted by Gasteiger charge is -2.32. The van der Waals surface area contributed by atoms with Crippen LogP contribution in [0.25, 0.3) is 6.08 Å². The van der Waals surface area contributed by atoms with Gasteiger partial charge in [0.1, 0.15) is 18.5 Å². The number of carbonyl (C=O) groups is 1. The van der Waals surface area contributed by atoms with Gasteiger partial charge in [0.2, 0.25) is 11.8 Å². The first-order valence-corrected chi connectivity index (χ1v) is 9.60. The Morgan fingerprint density at radius 2 is 1.97 bits per heavy atom. The van der Waals surface area contributed by atoms with Crippen LogP contribution in [0.2, 0.25) is 0 Å². The molecule has 0 spiro atoms. The Bertz CT molecular complexity index is 976. The topological polar surface area (TPSA) is 60.9 Å². The number of hydrogen-bond acceptors (Lipinski definition) is 5. The Kier molecular flexibility index (Phi) is 7.46. The lowest BCUT2D eigenvalue weighted by molar-refractivity contribution is -0.274. The third kappa shape index (κ3) is 7.67. The first-order valence-electron chi connectivity index (χ1n) is 9.60. The summed E-state index contributed by atoms with van der Waals surface area (Å²) in [6.07, 6.45) is -6.63. The van der Waals surface area contributed by atoms with Crippen LogP contribution >= 0.6 is 0 Å². The van der Waals surface area contributed by atoms with E-state index in [1.807, 2.05) is 0 Å². The van der Waals surface area contributed by atoms with Gasteiger partial charge < -0.3 is 19.1 Å². The van der Waals surface area contributed by atoms with Gasteiger partial charge in [-0.15, -0.1) is 13.2 Å². The van der Waals surface area contributed by atoms with E-state index < -0.39 is 35.9 Å². The molecule has 1 aliphatic rings. The van der Waals surface area contributed by atoms with Crippen LogP contribution in [0.5, 0.6) is 11.6 Å². The summed E-state index contributed by atoms with van der Waals surface area (Å²) in [5.41, 5.74) is -0.561. The van der Waals surface area contributed by atoms with Crippen molar-refractivity contribution in [1.82, 2.24) is 9.88 Å². The summed E-state index contributed by atoms with van der Waals surface area (Å²) < 4.78 is 89.4. The molecule has 0 aliphatic carbocycles. The van der Waals surface area contributed by atoms with E-state index in [0.29, 0.717) is 11.8 Å². The van der Waals surface area contributed by atoms with Crippen LogP contribution in [0.15, 0.2) is 48.7 Å². The fraction of sp³-hybridized carbons (Fsp3) is 0.333. The summed E-state index contributed by atoms with van der Waals surface area (Å²) in [6.45, 7) is 0.613. The van der Waals surface area contributed by atoms with Crippen molar-refractivity contribution in [2.45, 2.75) is 18.6 Å². The van der Waals surface area contributed by atoms with Gasteiger partial charge in [0.05, 0.1) is 18.7 Å². The van der Waals surface area contributed by atoms with E-state index in [1.54, 1.807) is 0 Å². The molecule has 0 saturated carbocycles. The van der Waals surface area contributed by atoms with Crippen molar-refractivity contribution in [1.29, 1.82) is 0 Å². The van der Waals surface area contributed by atoms with Crippen LogP contribution in [-0.4, -0.2) is 54.6 Å². The number of halogens is 6. The predicted molar refractivity (Wildman–Crippen MR) is 103 cm³/mol. The monoisotopic (exact) mass is 476 g/mol. The number of pyridine rings is 1. The first-order chi connectivity index (χ1) is 15.5. The molecule has 1 unspecified atom stereocenters. The van der Waals surface area contributed by atoms with E-state index in [2.05, 4.69) is 9.72 Å². The minimum atomic E-state index is -4.82. The highest BCUT2D eigenvalue weighted by Gasteiger charge is 2.31. The number of alkyl halides is 6. The lowest BCUT2D eigenvalue weighted by atomic mass is 10.2. The summed E-state index contributed by atoms with van der Waals surface area (Å²) in [4.78, 5) is 17.5. The van der Waals surface area contributed by atoms with E-state index in [-0.39, 0.29) is 32.2 Å². The van der Waals surface area contributed by atoms with Gasteiger partial charge in [0.25, 0.3) is 0 Å². The number of hydrogen-bond donors (Lipinski definition) is 0. The molecule has 3 rings (SSSR count). The normalized spacial score (nSPS) is 17.3. The van der Waals surface area contributed by atoms with Crippen molar-refractivity contribution in [2.24, 2.45) is 0 Å². The number of aromatic nitrogens is 1. The van der Waals surface area contributed by atoms with Gasteiger partial charge in [-0.1, -0.05) is 12.1 Å². The average Bonchev–Trinajstić information content (AvgIpc) is 2.75. The minimum absolute atomic E-state index is 0.0177. The van der Waals surface area contributed by atoms with E-state index >= 15 is 0 Å². The van der Waals surface area contributed by atoms with Crippen molar-refractivity contribution in [3.8, 4) is 11.6 Å². The molecule has 1 aliphatic heterocycles. The summed E-state index contributed by atoms with van der Waals surface area (Å²) in [5, 5.41) is 0. The van der Waals surface area contributed by atoms with Crippen LogP contribution in [-0.2, 0) is 15.7 Å². The zero-order valence-corrected chi connectivity index (χ0v) is 16.9. The molecule has 1 aromatic carbocycles. The largest absolute Gasteiger partial charge is 0.573 e. The van der Waals surface area contributed by atoms with E-state index in [1.165, 1.54) is 29.2 Å². The Morgan fingerprint density at radius 1 is 1.18 bits per heavy atom. The molecular formula is C21H18F6N2O4. The van der Waals surface area contributed by atoms with Crippen LogP contribution in [0, 0.1) is 0 Å². The smallest absolute Gasteiger partial charge is 0.475 e. The quantitative estimate of drug-likeness (QED) is 0.459. The molecule has 1 aromatic heterocycles. The van der Waals surface area contributed by atoms with Gasteiger partial charge >= 0.3 is 12.5 Å². The van der Waals surface area contributed by atoms with Gasteiger partial charge in [0.15, 0.2) is 0 Å². The Balaban J connectivity index is 1.52. The maximum Gasteiger partial charge on any atom is 0.573 e. The van der Waals surface area contributed by atoms with E-state index in [0.717, 1.165) is 24.3 Å². The van der Waals surface area contributed by atoms with Crippen LogP contribution in [0.1, 0.15) is 11.1 Å². The standard InChI is InChI=1S/C21H18F6N2O4/c22-20(23,24)15-5-6-18(28-11-15)32-13-17-12-29(8-9-31-17)19(30)7-4-14-2-1-3-16(10-14)33-21(25,26)27/h1-7,10-11,17H,8-9,12-13H2. The highest BCUT2D eigenvalue weighted by atomic mass is 19.4. The summed E-state index contributed by atoms with van der Waals surface area (Å²) in [5.74, 6) is -0.813. The van der Waals surface area contributed by atoms with Gasteiger partial charge in [-0.05, 0) is 29.8 Å². The maximum absolute atomic E-state index is 12.6. The average molecular weight is 476 g/mol. The molecule has 1 fully saturated rings. The maximum atomic E-state index is 12.6. The number of amides is 1. The summed E-state index contributed by atoms with van der Waals surface area (Å²) in [6, 6.07) is 7.10. The van der Waals surface area contributed by atoms with Gasteiger partial charge in [-0.3, -0.25) is 4.79 Å². The zero-order valence-electron chi connectivity index (χ0n) is 16.9. The van der Waals surface area contributed by atoms with E-state index in [4.69, 9.17) is 9.47 Å². The van der Waals surface area contributed by atoms with Crippen LogP contribution in [0.4, 0.5) is 26.3 Å².